The summed E-state index contributed by atoms with van der Waals surface area (Å²) in [7, 11) is 0. The summed E-state index contributed by atoms with van der Waals surface area (Å²) in [5.41, 5.74) is 4.80. The van der Waals surface area contributed by atoms with E-state index < -0.39 is 0 Å². The molecule has 0 aromatic rings. The molecular weight excluding hydrogens is 292 g/mol. The van der Waals surface area contributed by atoms with Crippen molar-refractivity contribution in [1.82, 2.24) is 0 Å². The number of hydrogen-bond acceptors (Lipinski definition) is 1. The van der Waals surface area contributed by atoms with Crippen LogP contribution < -0.4 is 0 Å². The molecule has 130 valence electrons. The second-order valence-corrected chi connectivity index (χ2v) is 9.60. The van der Waals surface area contributed by atoms with Gasteiger partial charge in [0.2, 0.25) is 0 Å². The van der Waals surface area contributed by atoms with Crippen LogP contribution in [0.3, 0.4) is 0 Å². The van der Waals surface area contributed by atoms with Crippen LogP contribution in [0.4, 0.5) is 0 Å². The summed E-state index contributed by atoms with van der Waals surface area (Å²) in [6, 6.07) is 0. The third kappa shape index (κ3) is 2.02. The number of carbonyl (C=O) groups excluding carboxylic acids is 1. The zero-order valence-electron chi connectivity index (χ0n) is 15.8. The molecule has 0 aliphatic heterocycles. The van der Waals surface area contributed by atoms with Crippen molar-refractivity contribution in [3.63, 3.8) is 0 Å². The highest BCUT2D eigenvalue weighted by Crippen LogP contribution is 2.66. The van der Waals surface area contributed by atoms with Crippen LogP contribution in [0.1, 0.15) is 66.2 Å². The van der Waals surface area contributed by atoms with Crippen molar-refractivity contribution in [3.8, 4) is 0 Å². The minimum atomic E-state index is 0.222. The summed E-state index contributed by atoms with van der Waals surface area (Å²) >= 11 is 0. The smallest absolute Gasteiger partial charge is 0.156 e. The number of rotatable bonds is 1. The van der Waals surface area contributed by atoms with E-state index in [2.05, 4.69) is 40.3 Å². The molecule has 0 radical (unpaired) electrons. The van der Waals surface area contributed by atoms with Crippen molar-refractivity contribution >= 4 is 5.78 Å². The highest BCUT2D eigenvalue weighted by Gasteiger charge is 2.58. The third-order valence-electron chi connectivity index (χ3n) is 8.42. The zero-order valence-corrected chi connectivity index (χ0v) is 15.8. The Balaban J connectivity index is 1.77. The molecule has 4 aliphatic rings. The SMILES string of the molecule is C=C(C)C1CCC2C3C=C(C)C4=CC(=O)CC[C@]4(C)C3CCC12C. The Morgan fingerprint density at radius 3 is 2.62 bits per heavy atom. The lowest BCUT2D eigenvalue weighted by Crippen LogP contribution is -2.49. The monoisotopic (exact) mass is 324 g/mol. The molecule has 0 aromatic heterocycles. The van der Waals surface area contributed by atoms with Gasteiger partial charge in [0.1, 0.15) is 0 Å². The Hall–Kier alpha value is -1.11. The van der Waals surface area contributed by atoms with Crippen LogP contribution in [0.5, 0.6) is 0 Å². The first kappa shape index (κ1) is 16.4. The molecule has 2 fully saturated rings. The molecule has 0 N–H and O–H groups in total. The van der Waals surface area contributed by atoms with Gasteiger partial charge in [0.15, 0.2) is 5.78 Å². The maximum absolute atomic E-state index is 12.0. The Kier molecular flexibility index (Phi) is 3.54. The number of carbonyl (C=O) groups is 1. The second kappa shape index (κ2) is 5.19. The lowest BCUT2D eigenvalue weighted by atomic mass is 9.47. The van der Waals surface area contributed by atoms with E-state index in [0.29, 0.717) is 23.0 Å². The summed E-state index contributed by atoms with van der Waals surface area (Å²) in [6.45, 7) is 13.8. The molecule has 4 aliphatic carbocycles. The molecule has 0 heterocycles. The van der Waals surface area contributed by atoms with Gasteiger partial charge >= 0.3 is 0 Å². The molecule has 24 heavy (non-hydrogen) atoms. The average molecular weight is 325 g/mol. The molecule has 0 spiro atoms. The van der Waals surface area contributed by atoms with Crippen LogP contribution in [0.15, 0.2) is 35.5 Å². The van der Waals surface area contributed by atoms with Gasteiger partial charge in [-0.25, -0.2) is 0 Å². The molecule has 0 amide bonds. The van der Waals surface area contributed by atoms with E-state index in [9.17, 15) is 4.79 Å². The van der Waals surface area contributed by atoms with E-state index in [-0.39, 0.29) is 5.41 Å². The van der Waals surface area contributed by atoms with Crippen molar-refractivity contribution in [3.05, 3.63) is 35.5 Å². The molecule has 6 atom stereocenters. The number of hydrogen-bond donors (Lipinski definition) is 0. The predicted octanol–water partition coefficient (Wildman–Crippen LogP) is 5.88. The van der Waals surface area contributed by atoms with Gasteiger partial charge in [-0.15, -0.1) is 0 Å². The fourth-order valence-corrected chi connectivity index (χ4v) is 7.22. The molecule has 1 nitrogen and oxygen atoms in total. The maximum atomic E-state index is 12.0. The molecule has 2 saturated carbocycles. The van der Waals surface area contributed by atoms with E-state index >= 15 is 0 Å². The fraction of sp³-hybridized carbons (Fsp3) is 0.696. The molecule has 0 bridgehead atoms. The topological polar surface area (TPSA) is 17.1 Å². The highest BCUT2D eigenvalue weighted by atomic mass is 16.1. The van der Waals surface area contributed by atoms with Crippen LogP contribution in [0, 0.1) is 34.5 Å². The Morgan fingerprint density at radius 1 is 1.17 bits per heavy atom. The summed E-state index contributed by atoms with van der Waals surface area (Å²) in [4.78, 5) is 12.0. The van der Waals surface area contributed by atoms with Gasteiger partial charge in [0, 0.05) is 6.42 Å². The van der Waals surface area contributed by atoms with Gasteiger partial charge < -0.3 is 0 Å². The van der Waals surface area contributed by atoms with Gasteiger partial charge in [0.25, 0.3) is 0 Å². The van der Waals surface area contributed by atoms with Crippen molar-refractivity contribution in [2.24, 2.45) is 34.5 Å². The maximum Gasteiger partial charge on any atom is 0.156 e. The Morgan fingerprint density at radius 2 is 1.92 bits per heavy atom. The third-order valence-corrected chi connectivity index (χ3v) is 8.42. The van der Waals surface area contributed by atoms with Crippen LogP contribution in [0.2, 0.25) is 0 Å². The van der Waals surface area contributed by atoms with E-state index in [4.69, 9.17) is 0 Å². The van der Waals surface area contributed by atoms with Crippen LogP contribution in [-0.4, -0.2) is 5.78 Å². The van der Waals surface area contributed by atoms with E-state index in [1.165, 1.54) is 42.4 Å². The largest absolute Gasteiger partial charge is 0.295 e. The quantitative estimate of drug-likeness (QED) is 0.551. The van der Waals surface area contributed by atoms with Gasteiger partial charge in [-0.05, 0) is 92.1 Å². The first-order valence-electron chi connectivity index (χ1n) is 9.86. The standard InChI is InChI=1S/C23H32O/c1-14(2)18-6-7-19-17-12-15(3)21-13-16(24)8-10-23(21,5)20(17)9-11-22(18,19)4/h12-13,17-20H,1,6-11H2,2-5H3/t17?,18?,19?,20?,22?,23-/m1/s1. The molecule has 4 rings (SSSR count). The first-order valence-corrected chi connectivity index (χ1v) is 9.86. The average Bonchev–Trinajstić information content (AvgIpc) is 2.87. The van der Waals surface area contributed by atoms with Crippen molar-refractivity contribution in [1.29, 1.82) is 0 Å². The van der Waals surface area contributed by atoms with Gasteiger partial charge in [-0.1, -0.05) is 37.6 Å². The number of allylic oxidation sites excluding steroid dienone is 5. The fourth-order valence-electron chi connectivity index (χ4n) is 7.22. The van der Waals surface area contributed by atoms with Crippen molar-refractivity contribution in [2.45, 2.75) is 66.2 Å². The molecule has 0 aromatic carbocycles. The highest BCUT2D eigenvalue weighted by molar-refractivity contribution is 5.92. The van der Waals surface area contributed by atoms with Gasteiger partial charge in [-0.2, -0.15) is 0 Å². The lowest BCUT2D eigenvalue weighted by molar-refractivity contribution is -0.116. The minimum absolute atomic E-state index is 0.222. The first-order chi connectivity index (χ1) is 11.3. The summed E-state index contributed by atoms with van der Waals surface area (Å²) in [5, 5.41) is 0. The minimum Gasteiger partial charge on any atom is -0.295 e. The molecule has 5 unspecified atom stereocenters. The van der Waals surface area contributed by atoms with E-state index in [0.717, 1.165) is 24.7 Å². The van der Waals surface area contributed by atoms with Crippen molar-refractivity contribution < 1.29 is 4.79 Å². The van der Waals surface area contributed by atoms with Gasteiger partial charge in [0.05, 0.1) is 0 Å². The van der Waals surface area contributed by atoms with E-state index in [1.807, 2.05) is 6.08 Å². The van der Waals surface area contributed by atoms with Crippen LogP contribution in [0.25, 0.3) is 0 Å². The molecule has 0 saturated heterocycles. The van der Waals surface area contributed by atoms with Crippen LogP contribution in [-0.2, 0) is 4.79 Å². The number of fused-ring (bicyclic) bond motifs is 5. The molecular formula is C23H32O. The number of ketones is 1. The molecule has 1 heteroatoms. The summed E-state index contributed by atoms with van der Waals surface area (Å²) < 4.78 is 0. The summed E-state index contributed by atoms with van der Waals surface area (Å²) in [5.74, 6) is 3.25. The lowest BCUT2D eigenvalue weighted by Gasteiger charge is -2.57. The van der Waals surface area contributed by atoms with E-state index in [1.54, 1.807) is 0 Å². The predicted molar refractivity (Wildman–Crippen MR) is 99.5 cm³/mol. The Labute approximate surface area is 147 Å². The van der Waals surface area contributed by atoms with Crippen molar-refractivity contribution in [2.75, 3.05) is 0 Å². The normalized spacial score (nSPS) is 47.2. The second-order valence-electron chi connectivity index (χ2n) is 9.60. The van der Waals surface area contributed by atoms with Crippen LogP contribution >= 0.6 is 0 Å². The van der Waals surface area contributed by atoms with Gasteiger partial charge in [-0.3, -0.25) is 4.79 Å². The zero-order chi connectivity index (χ0) is 17.3. The Bertz CT molecular complexity index is 666. The summed E-state index contributed by atoms with van der Waals surface area (Å²) in [6.07, 6.45) is 11.7.